The summed E-state index contributed by atoms with van der Waals surface area (Å²) in [4.78, 5) is 10.4. The van der Waals surface area contributed by atoms with Crippen LogP contribution in [-0.2, 0) is 0 Å². The van der Waals surface area contributed by atoms with Gasteiger partial charge in [-0.3, -0.25) is 0 Å². The number of nitrogens with one attached hydrogen (secondary N) is 1. The van der Waals surface area contributed by atoms with E-state index in [1.807, 2.05) is 6.92 Å². The van der Waals surface area contributed by atoms with Crippen molar-refractivity contribution < 1.29 is 9.90 Å². The first kappa shape index (κ1) is 12.3. The van der Waals surface area contributed by atoms with Crippen molar-refractivity contribution in [1.29, 1.82) is 0 Å². The first-order valence-electron chi connectivity index (χ1n) is 5.84. The molecule has 1 aliphatic rings. The lowest BCUT2D eigenvalue weighted by Crippen LogP contribution is -2.46. The Morgan fingerprint density at radius 2 is 2.07 bits per heavy atom. The molecule has 1 rings (SSSR count). The van der Waals surface area contributed by atoms with E-state index in [9.17, 15) is 4.79 Å². The van der Waals surface area contributed by atoms with Crippen molar-refractivity contribution in [2.24, 2.45) is 11.7 Å². The van der Waals surface area contributed by atoms with Gasteiger partial charge < -0.3 is 16.2 Å². The van der Waals surface area contributed by atoms with E-state index < -0.39 is 6.09 Å². The SMILES string of the molecule is C[C@@H](NC(=O)O)[C@H](N)CC1CCCCC1. The van der Waals surface area contributed by atoms with E-state index >= 15 is 0 Å². The molecule has 1 saturated carbocycles. The van der Waals surface area contributed by atoms with Crippen LogP contribution in [0.2, 0.25) is 0 Å². The molecule has 4 N–H and O–H groups in total. The molecule has 0 aromatic rings. The van der Waals surface area contributed by atoms with Crippen LogP contribution in [-0.4, -0.2) is 23.3 Å². The maximum Gasteiger partial charge on any atom is 0.404 e. The lowest BCUT2D eigenvalue weighted by Gasteiger charge is -2.27. The maximum absolute atomic E-state index is 10.4. The van der Waals surface area contributed by atoms with E-state index in [2.05, 4.69) is 5.32 Å². The molecule has 4 nitrogen and oxygen atoms in total. The average molecular weight is 214 g/mol. The Hall–Kier alpha value is -0.770. The zero-order chi connectivity index (χ0) is 11.3. The minimum Gasteiger partial charge on any atom is -0.465 e. The van der Waals surface area contributed by atoms with Crippen LogP contribution in [0.3, 0.4) is 0 Å². The highest BCUT2D eigenvalue weighted by atomic mass is 16.4. The number of hydrogen-bond donors (Lipinski definition) is 3. The van der Waals surface area contributed by atoms with Crippen LogP contribution >= 0.6 is 0 Å². The second-order valence-electron chi connectivity index (χ2n) is 4.64. The molecular formula is C11H22N2O2. The predicted molar refractivity (Wildman–Crippen MR) is 59.8 cm³/mol. The molecule has 1 aliphatic carbocycles. The van der Waals surface area contributed by atoms with Gasteiger partial charge in [0.2, 0.25) is 0 Å². The monoisotopic (exact) mass is 214 g/mol. The van der Waals surface area contributed by atoms with Gasteiger partial charge in [-0.15, -0.1) is 0 Å². The van der Waals surface area contributed by atoms with E-state index in [1.54, 1.807) is 0 Å². The molecule has 0 aliphatic heterocycles. The lowest BCUT2D eigenvalue weighted by molar-refractivity contribution is 0.186. The molecule has 1 fully saturated rings. The standard InChI is InChI=1S/C11H22N2O2/c1-8(13-11(14)15)10(12)7-9-5-3-2-4-6-9/h8-10,13H,2-7,12H2,1H3,(H,14,15)/t8-,10-/m1/s1. The summed E-state index contributed by atoms with van der Waals surface area (Å²) in [7, 11) is 0. The van der Waals surface area contributed by atoms with Gasteiger partial charge in [-0.2, -0.15) is 0 Å². The number of carboxylic acid groups (broad SMARTS) is 1. The van der Waals surface area contributed by atoms with Crippen molar-refractivity contribution in [1.82, 2.24) is 5.32 Å². The Morgan fingerprint density at radius 3 is 2.60 bits per heavy atom. The highest BCUT2D eigenvalue weighted by Crippen LogP contribution is 2.27. The van der Waals surface area contributed by atoms with Crippen LogP contribution in [0.4, 0.5) is 4.79 Å². The second-order valence-corrected chi connectivity index (χ2v) is 4.64. The van der Waals surface area contributed by atoms with Crippen LogP contribution in [0.15, 0.2) is 0 Å². The summed E-state index contributed by atoms with van der Waals surface area (Å²) in [5.74, 6) is 0.701. The third-order valence-corrected chi connectivity index (χ3v) is 3.32. The van der Waals surface area contributed by atoms with Gasteiger partial charge in [0.25, 0.3) is 0 Å². The van der Waals surface area contributed by atoms with Gasteiger partial charge in [0, 0.05) is 12.1 Å². The first-order chi connectivity index (χ1) is 7.09. The predicted octanol–water partition coefficient (Wildman–Crippen LogP) is 1.94. The molecule has 4 heteroatoms. The topological polar surface area (TPSA) is 75.3 Å². The highest BCUT2D eigenvalue weighted by molar-refractivity contribution is 5.64. The van der Waals surface area contributed by atoms with Gasteiger partial charge in [0.05, 0.1) is 0 Å². The zero-order valence-electron chi connectivity index (χ0n) is 9.41. The van der Waals surface area contributed by atoms with E-state index in [0.717, 1.165) is 6.42 Å². The Bertz CT molecular complexity index is 203. The largest absolute Gasteiger partial charge is 0.465 e. The molecule has 0 spiro atoms. The Labute approximate surface area is 91.2 Å². The Morgan fingerprint density at radius 1 is 1.47 bits per heavy atom. The zero-order valence-corrected chi connectivity index (χ0v) is 9.41. The fraction of sp³-hybridized carbons (Fsp3) is 0.909. The van der Waals surface area contributed by atoms with Crippen molar-refractivity contribution in [3.63, 3.8) is 0 Å². The number of nitrogens with two attached hydrogens (primary N) is 1. The van der Waals surface area contributed by atoms with Crippen LogP contribution in [0.1, 0.15) is 45.4 Å². The molecule has 1 amide bonds. The van der Waals surface area contributed by atoms with E-state index in [1.165, 1.54) is 32.1 Å². The Kier molecular flexibility index (Phi) is 4.88. The van der Waals surface area contributed by atoms with Gasteiger partial charge >= 0.3 is 6.09 Å². The normalized spacial score (nSPS) is 22.0. The molecule has 0 aromatic heterocycles. The van der Waals surface area contributed by atoms with Crippen LogP contribution in [0.5, 0.6) is 0 Å². The summed E-state index contributed by atoms with van der Waals surface area (Å²) in [6.07, 6.45) is 6.43. The molecule has 15 heavy (non-hydrogen) atoms. The summed E-state index contributed by atoms with van der Waals surface area (Å²) in [6.45, 7) is 1.83. The maximum atomic E-state index is 10.4. The van der Waals surface area contributed by atoms with Crippen molar-refractivity contribution in [3.8, 4) is 0 Å². The van der Waals surface area contributed by atoms with Crippen molar-refractivity contribution in [2.75, 3.05) is 0 Å². The third kappa shape index (κ3) is 4.51. The number of carbonyl (C=O) groups is 1. The van der Waals surface area contributed by atoms with E-state index in [0.29, 0.717) is 5.92 Å². The van der Waals surface area contributed by atoms with Crippen molar-refractivity contribution >= 4 is 6.09 Å². The fourth-order valence-corrected chi connectivity index (χ4v) is 2.31. The smallest absolute Gasteiger partial charge is 0.404 e. The van der Waals surface area contributed by atoms with Gasteiger partial charge in [0.1, 0.15) is 0 Å². The fourth-order valence-electron chi connectivity index (χ4n) is 2.31. The lowest BCUT2D eigenvalue weighted by atomic mass is 9.84. The van der Waals surface area contributed by atoms with Crippen LogP contribution in [0, 0.1) is 5.92 Å². The molecule has 0 saturated heterocycles. The summed E-state index contributed by atoms with van der Waals surface area (Å²) in [5.41, 5.74) is 5.97. The molecule has 88 valence electrons. The molecule has 0 radical (unpaired) electrons. The number of rotatable bonds is 4. The van der Waals surface area contributed by atoms with Crippen molar-refractivity contribution in [3.05, 3.63) is 0 Å². The van der Waals surface area contributed by atoms with Crippen LogP contribution < -0.4 is 11.1 Å². The first-order valence-corrected chi connectivity index (χ1v) is 5.84. The van der Waals surface area contributed by atoms with Gasteiger partial charge in [-0.1, -0.05) is 32.1 Å². The van der Waals surface area contributed by atoms with Crippen molar-refractivity contribution in [2.45, 2.75) is 57.5 Å². The molecule has 0 bridgehead atoms. The average Bonchev–Trinajstić information content (AvgIpc) is 2.18. The van der Waals surface area contributed by atoms with Gasteiger partial charge in [-0.25, -0.2) is 4.79 Å². The Balaban J connectivity index is 2.26. The quantitative estimate of drug-likeness (QED) is 0.669. The van der Waals surface area contributed by atoms with Crippen LogP contribution in [0.25, 0.3) is 0 Å². The molecule has 0 unspecified atom stereocenters. The van der Waals surface area contributed by atoms with E-state index in [-0.39, 0.29) is 12.1 Å². The highest BCUT2D eigenvalue weighted by Gasteiger charge is 2.21. The molecule has 2 atom stereocenters. The summed E-state index contributed by atoms with van der Waals surface area (Å²) in [6, 6.07) is -0.200. The number of amides is 1. The molecule has 0 aromatic carbocycles. The number of hydrogen-bond acceptors (Lipinski definition) is 2. The van der Waals surface area contributed by atoms with Gasteiger partial charge in [0.15, 0.2) is 0 Å². The molecule has 0 heterocycles. The minimum absolute atomic E-state index is 0.0517. The molecular weight excluding hydrogens is 192 g/mol. The minimum atomic E-state index is -0.985. The summed E-state index contributed by atoms with van der Waals surface area (Å²) in [5, 5.41) is 11.0. The third-order valence-electron chi connectivity index (χ3n) is 3.32. The summed E-state index contributed by atoms with van der Waals surface area (Å²) < 4.78 is 0. The van der Waals surface area contributed by atoms with Gasteiger partial charge in [-0.05, 0) is 19.3 Å². The second kappa shape index (κ2) is 5.95. The van der Waals surface area contributed by atoms with E-state index in [4.69, 9.17) is 10.8 Å². The summed E-state index contributed by atoms with van der Waals surface area (Å²) >= 11 is 0.